The fourth-order valence-corrected chi connectivity index (χ4v) is 3.97. The third-order valence-corrected chi connectivity index (χ3v) is 5.82. The number of pyridine rings is 1. The molecule has 1 aromatic heterocycles. The Bertz CT molecular complexity index is 1210. The number of hydrogen-bond donors (Lipinski definition) is 2. The average molecular weight is 423 g/mol. The number of hydrazone groups is 1. The second-order valence-corrected chi connectivity index (χ2v) is 8.51. The molecule has 1 heterocycles. The maximum atomic E-state index is 12.8. The van der Waals surface area contributed by atoms with Gasteiger partial charge in [0.25, 0.3) is 15.9 Å². The lowest BCUT2D eigenvalue weighted by atomic mass is 10.1. The van der Waals surface area contributed by atoms with E-state index in [4.69, 9.17) is 0 Å². The first kappa shape index (κ1) is 21.2. The predicted octanol–water partition coefficient (Wildman–Crippen LogP) is 3.65. The van der Waals surface area contributed by atoms with Crippen LogP contribution in [0, 0.1) is 13.8 Å². The van der Waals surface area contributed by atoms with Gasteiger partial charge in [-0.3, -0.25) is 14.5 Å². The van der Waals surface area contributed by atoms with Crippen molar-refractivity contribution in [1.82, 2.24) is 10.4 Å². The summed E-state index contributed by atoms with van der Waals surface area (Å²) in [4.78, 5) is 16.4. The molecule has 0 aliphatic rings. The summed E-state index contributed by atoms with van der Waals surface area (Å²) in [5.41, 5.74) is 6.41. The van der Waals surface area contributed by atoms with Crippen molar-refractivity contribution in [3.05, 3.63) is 89.2 Å². The van der Waals surface area contributed by atoms with Crippen molar-refractivity contribution in [2.45, 2.75) is 25.7 Å². The summed E-state index contributed by atoms with van der Waals surface area (Å²) in [5, 5.41) is 4.07. The summed E-state index contributed by atoms with van der Waals surface area (Å²) in [6, 6.07) is 14.8. The molecule has 30 heavy (non-hydrogen) atoms. The third-order valence-electron chi connectivity index (χ3n) is 4.46. The van der Waals surface area contributed by atoms with E-state index in [-0.39, 0.29) is 10.5 Å². The number of aryl methyl sites for hydroxylation is 2. The van der Waals surface area contributed by atoms with E-state index in [1.54, 1.807) is 37.5 Å². The number of nitrogens with one attached hydrogen (secondary N) is 2. The molecule has 8 heteroatoms. The molecule has 2 N–H and O–H groups in total. The zero-order chi connectivity index (χ0) is 21.7. The normalized spacial score (nSPS) is 11.8. The third kappa shape index (κ3) is 5.09. The summed E-state index contributed by atoms with van der Waals surface area (Å²) < 4.78 is 28.2. The van der Waals surface area contributed by atoms with Crippen LogP contribution in [0.4, 0.5) is 5.69 Å². The first-order valence-corrected chi connectivity index (χ1v) is 10.7. The van der Waals surface area contributed by atoms with E-state index in [1.807, 2.05) is 26.0 Å². The van der Waals surface area contributed by atoms with Crippen molar-refractivity contribution in [3.63, 3.8) is 0 Å². The van der Waals surface area contributed by atoms with Gasteiger partial charge in [0.1, 0.15) is 0 Å². The van der Waals surface area contributed by atoms with Crippen molar-refractivity contribution >= 4 is 27.3 Å². The van der Waals surface area contributed by atoms with Gasteiger partial charge in [0.15, 0.2) is 0 Å². The quantitative estimate of drug-likeness (QED) is 0.468. The molecule has 0 aliphatic heterocycles. The molecule has 154 valence electrons. The Labute approximate surface area is 175 Å². The Morgan fingerprint density at radius 2 is 1.70 bits per heavy atom. The van der Waals surface area contributed by atoms with Crippen LogP contribution in [0.15, 0.2) is 77.0 Å². The van der Waals surface area contributed by atoms with Crippen molar-refractivity contribution in [2.75, 3.05) is 4.72 Å². The van der Waals surface area contributed by atoms with Gasteiger partial charge in [-0.2, -0.15) is 5.10 Å². The lowest BCUT2D eigenvalue weighted by molar-refractivity contribution is 0.0954. The van der Waals surface area contributed by atoms with E-state index in [0.29, 0.717) is 11.4 Å². The van der Waals surface area contributed by atoms with Crippen LogP contribution in [0.1, 0.15) is 34.0 Å². The topological polar surface area (TPSA) is 101 Å². The van der Waals surface area contributed by atoms with Crippen LogP contribution in [0.25, 0.3) is 0 Å². The van der Waals surface area contributed by atoms with Crippen molar-refractivity contribution in [3.8, 4) is 0 Å². The minimum Gasteiger partial charge on any atom is -0.279 e. The highest BCUT2D eigenvalue weighted by atomic mass is 32.2. The first-order valence-electron chi connectivity index (χ1n) is 9.21. The molecule has 0 aliphatic carbocycles. The number of nitrogens with zero attached hydrogens (tertiary/aromatic N) is 2. The summed E-state index contributed by atoms with van der Waals surface area (Å²) >= 11 is 0. The van der Waals surface area contributed by atoms with Gasteiger partial charge in [-0.05, 0) is 62.7 Å². The lowest BCUT2D eigenvalue weighted by Gasteiger charge is -2.12. The van der Waals surface area contributed by atoms with Gasteiger partial charge in [-0.1, -0.05) is 23.8 Å². The van der Waals surface area contributed by atoms with E-state index in [0.717, 1.165) is 16.7 Å². The second-order valence-electron chi connectivity index (χ2n) is 6.83. The number of aromatic nitrogens is 1. The fourth-order valence-electron chi connectivity index (χ4n) is 2.79. The minimum atomic E-state index is -3.85. The van der Waals surface area contributed by atoms with Crippen LogP contribution < -0.4 is 10.1 Å². The number of anilines is 1. The molecule has 3 rings (SSSR count). The zero-order valence-electron chi connectivity index (χ0n) is 16.9. The number of amides is 1. The molecule has 0 atom stereocenters. The van der Waals surface area contributed by atoms with Crippen LogP contribution in [0.3, 0.4) is 0 Å². The number of benzene rings is 2. The van der Waals surface area contributed by atoms with Gasteiger partial charge in [-0.15, -0.1) is 0 Å². The highest BCUT2D eigenvalue weighted by Crippen LogP contribution is 2.21. The van der Waals surface area contributed by atoms with Crippen molar-refractivity contribution in [1.29, 1.82) is 0 Å². The largest absolute Gasteiger partial charge is 0.279 e. The van der Waals surface area contributed by atoms with Crippen molar-refractivity contribution < 1.29 is 13.2 Å². The van der Waals surface area contributed by atoms with E-state index in [2.05, 4.69) is 20.2 Å². The molecular formula is C22H22N4O3S. The fraction of sp³-hybridized carbons (Fsp3) is 0.136. The molecule has 0 unspecified atom stereocenters. The summed E-state index contributed by atoms with van der Waals surface area (Å²) in [5.74, 6) is -0.507. The Morgan fingerprint density at radius 1 is 0.967 bits per heavy atom. The van der Waals surface area contributed by atoms with Crippen molar-refractivity contribution in [2.24, 2.45) is 5.10 Å². The molecule has 0 spiro atoms. The summed E-state index contributed by atoms with van der Waals surface area (Å²) in [6.07, 6.45) is 3.26. The molecule has 7 nitrogen and oxygen atoms in total. The van der Waals surface area contributed by atoms with Crippen LogP contribution in [-0.4, -0.2) is 25.0 Å². The van der Waals surface area contributed by atoms with Crippen LogP contribution >= 0.6 is 0 Å². The zero-order valence-corrected chi connectivity index (χ0v) is 17.7. The number of rotatable bonds is 6. The second kappa shape index (κ2) is 8.87. The number of carbonyl (C=O) groups excluding carboxylic acids is 1. The molecule has 3 aromatic rings. The van der Waals surface area contributed by atoms with Crippen LogP contribution in [0.2, 0.25) is 0 Å². The Balaban J connectivity index is 1.78. The van der Waals surface area contributed by atoms with Crippen LogP contribution in [0.5, 0.6) is 0 Å². The monoisotopic (exact) mass is 422 g/mol. The highest BCUT2D eigenvalue weighted by Gasteiger charge is 2.17. The van der Waals surface area contributed by atoms with E-state index in [1.165, 1.54) is 24.3 Å². The molecule has 0 radical (unpaired) electrons. The van der Waals surface area contributed by atoms with Gasteiger partial charge in [0.05, 0.1) is 16.3 Å². The maximum Gasteiger partial charge on any atom is 0.271 e. The smallest absolute Gasteiger partial charge is 0.271 e. The SMILES string of the molecule is C/C(=N\NC(=O)c1cccc(S(=O)(=O)Nc2ccc(C)cc2C)c1)c1ccncc1. The molecular weight excluding hydrogens is 400 g/mol. The van der Waals surface area contributed by atoms with E-state index in [9.17, 15) is 13.2 Å². The molecule has 0 saturated carbocycles. The molecule has 1 amide bonds. The van der Waals surface area contributed by atoms with E-state index < -0.39 is 15.9 Å². The average Bonchev–Trinajstić information content (AvgIpc) is 2.74. The van der Waals surface area contributed by atoms with Gasteiger partial charge in [0, 0.05) is 23.5 Å². The minimum absolute atomic E-state index is 0.00930. The Morgan fingerprint density at radius 3 is 2.40 bits per heavy atom. The summed E-state index contributed by atoms with van der Waals surface area (Å²) in [7, 11) is -3.85. The predicted molar refractivity (Wildman–Crippen MR) is 117 cm³/mol. The Kier molecular flexibility index (Phi) is 6.27. The van der Waals surface area contributed by atoms with Crippen LogP contribution in [-0.2, 0) is 10.0 Å². The molecule has 0 saturated heterocycles. The molecule has 2 aromatic carbocycles. The molecule has 0 bridgehead atoms. The number of hydrogen-bond acceptors (Lipinski definition) is 5. The van der Waals surface area contributed by atoms with Gasteiger partial charge >= 0.3 is 0 Å². The first-order chi connectivity index (χ1) is 14.3. The van der Waals surface area contributed by atoms with Gasteiger partial charge in [-0.25, -0.2) is 13.8 Å². The van der Waals surface area contributed by atoms with E-state index >= 15 is 0 Å². The number of sulfonamides is 1. The maximum absolute atomic E-state index is 12.8. The lowest BCUT2D eigenvalue weighted by Crippen LogP contribution is -2.20. The number of carbonyl (C=O) groups is 1. The standard InChI is InChI=1S/C22H22N4O3S/c1-15-7-8-21(16(2)13-15)26-30(28,29)20-6-4-5-19(14-20)22(27)25-24-17(3)18-9-11-23-12-10-18/h4-14,26H,1-3H3,(H,25,27)/b24-17+. The summed E-state index contributed by atoms with van der Waals surface area (Å²) in [6.45, 7) is 5.52. The van der Waals surface area contributed by atoms with Gasteiger partial charge in [0.2, 0.25) is 0 Å². The molecule has 0 fully saturated rings. The van der Waals surface area contributed by atoms with Gasteiger partial charge < -0.3 is 0 Å². The Hall–Kier alpha value is -3.52. The highest BCUT2D eigenvalue weighted by molar-refractivity contribution is 7.92.